The Kier molecular flexibility index (Phi) is 6.92. The third kappa shape index (κ3) is 4.81. The van der Waals surface area contributed by atoms with Gasteiger partial charge in [-0.15, -0.1) is 0 Å². The predicted molar refractivity (Wildman–Crippen MR) is 138 cm³/mol. The third-order valence-corrected chi connectivity index (χ3v) is 8.91. The summed E-state index contributed by atoms with van der Waals surface area (Å²) in [4.78, 5) is 13.5. The minimum absolute atomic E-state index is 0.0907. The molecule has 7 nitrogen and oxygen atoms in total. The standard InChI is InChI=1S/C27H27ClN2O5S/c28-21-10-12-22(13-11-21)36(32,33)30-18-25(35-24-9-5-4-8-23(24)30)26(31)29-19-27(14-16-34-17-15-27)20-6-2-1-3-7-20/h1-13,25H,14-19H2,(H,29,31). The normalized spacial score (nSPS) is 19.1. The molecule has 3 aromatic rings. The number of fused-ring (bicyclic) bond motifs is 1. The van der Waals surface area contributed by atoms with Crippen LogP contribution >= 0.6 is 11.6 Å². The van der Waals surface area contributed by atoms with E-state index >= 15 is 0 Å². The number of benzene rings is 3. The Bertz CT molecular complexity index is 1330. The van der Waals surface area contributed by atoms with Gasteiger partial charge in [-0.3, -0.25) is 9.10 Å². The van der Waals surface area contributed by atoms with Crippen molar-refractivity contribution in [3.05, 3.63) is 89.4 Å². The van der Waals surface area contributed by atoms with Gasteiger partial charge >= 0.3 is 0 Å². The number of hydrogen-bond donors (Lipinski definition) is 1. The molecule has 0 radical (unpaired) electrons. The highest BCUT2D eigenvalue weighted by atomic mass is 35.5. The van der Waals surface area contributed by atoms with Crippen molar-refractivity contribution in [2.24, 2.45) is 0 Å². The molecule has 1 unspecified atom stereocenters. The van der Waals surface area contributed by atoms with Crippen LogP contribution in [-0.2, 0) is 25.0 Å². The van der Waals surface area contributed by atoms with E-state index in [1.807, 2.05) is 18.2 Å². The number of carbonyl (C=O) groups is 1. The Hall–Kier alpha value is -3.07. The molecule has 2 aliphatic heterocycles. The lowest BCUT2D eigenvalue weighted by molar-refractivity contribution is -0.128. The maximum absolute atomic E-state index is 13.6. The van der Waals surface area contributed by atoms with Gasteiger partial charge in [0, 0.05) is 30.2 Å². The molecule has 2 heterocycles. The molecule has 0 spiro atoms. The molecule has 1 atom stereocenters. The van der Waals surface area contributed by atoms with Gasteiger partial charge in [-0.1, -0.05) is 54.1 Å². The second-order valence-electron chi connectivity index (χ2n) is 9.04. The van der Waals surface area contributed by atoms with Crippen molar-refractivity contribution in [3.8, 4) is 5.75 Å². The Morgan fingerprint density at radius 1 is 0.972 bits per heavy atom. The van der Waals surface area contributed by atoms with Gasteiger partial charge in [0.15, 0.2) is 6.10 Å². The van der Waals surface area contributed by atoms with Gasteiger partial charge in [-0.05, 0) is 54.8 Å². The molecule has 1 N–H and O–H groups in total. The van der Waals surface area contributed by atoms with Crippen LogP contribution in [0.2, 0.25) is 5.02 Å². The molecule has 2 aliphatic rings. The lowest BCUT2D eigenvalue weighted by atomic mass is 9.74. The summed E-state index contributed by atoms with van der Waals surface area (Å²) in [6, 6.07) is 22.9. The predicted octanol–water partition coefficient (Wildman–Crippen LogP) is 4.16. The summed E-state index contributed by atoms with van der Waals surface area (Å²) in [6.45, 7) is 1.50. The Labute approximate surface area is 216 Å². The van der Waals surface area contributed by atoms with Crippen molar-refractivity contribution >= 4 is 33.2 Å². The van der Waals surface area contributed by atoms with Gasteiger partial charge in [-0.2, -0.15) is 0 Å². The monoisotopic (exact) mass is 526 g/mol. The molecule has 1 fully saturated rings. The molecule has 5 rings (SSSR count). The number of rotatable bonds is 6. The van der Waals surface area contributed by atoms with Crippen molar-refractivity contribution in [1.82, 2.24) is 5.32 Å². The molecule has 1 amide bonds. The maximum Gasteiger partial charge on any atom is 0.264 e. The number of nitrogens with zero attached hydrogens (tertiary/aromatic N) is 1. The van der Waals surface area contributed by atoms with Crippen LogP contribution in [0.25, 0.3) is 0 Å². The highest BCUT2D eigenvalue weighted by Gasteiger charge is 2.39. The van der Waals surface area contributed by atoms with Crippen LogP contribution < -0.4 is 14.4 Å². The summed E-state index contributed by atoms with van der Waals surface area (Å²) in [5.41, 5.74) is 1.29. The number of nitrogens with one attached hydrogen (secondary N) is 1. The van der Waals surface area contributed by atoms with Gasteiger partial charge < -0.3 is 14.8 Å². The van der Waals surface area contributed by atoms with E-state index in [0.29, 0.717) is 36.2 Å². The Balaban J connectivity index is 1.39. The molecule has 9 heteroatoms. The highest BCUT2D eigenvalue weighted by molar-refractivity contribution is 7.92. The van der Waals surface area contributed by atoms with Crippen molar-refractivity contribution in [3.63, 3.8) is 0 Å². The van der Waals surface area contributed by atoms with Gasteiger partial charge in [0.25, 0.3) is 15.9 Å². The average molecular weight is 527 g/mol. The largest absolute Gasteiger partial charge is 0.476 e. The molecule has 0 aromatic heterocycles. The maximum atomic E-state index is 13.6. The summed E-state index contributed by atoms with van der Waals surface area (Å²) in [5, 5.41) is 3.49. The second kappa shape index (κ2) is 10.1. The van der Waals surface area contributed by atoms with Crippen LogP contribution in [0.5, 0.6) is 5.75 Å². The molecule has 0 bridgehead atoms. The van der Waals surface area contributed by atoms with Crippen LogP contribution in [0.15, 0.2) is 83.8 Å². The van der Waals surface area contributed by atoms with Crippen molar-refractivity contribution in [1.29, 1.82) is 0 Å². The van der Waals surface area contributed by atoms with Gasteiger partial charge in [0.2, 0.25) is 0 Å². The lowest BCUT2D eigenvalue weighted by Crippen LogP contribution is -2.53. The topological polar surface area (TPSA) is 84.9 Å². The molecule has 3 aromatic carbocycles. The Morgan fingerprint density at radius 3 is 2.36 bits per heavy atom. The van der Waals surface area contributed by atoms with E-state index in [-0.39, 0.29) is 22.8 Å². The van der Waals surface area contributed by atoms with Crippen molar-refractivity contribution in [2.75, 3.05) is 30.6 Å². The summed E-state index contributed by atoms with van der Waals surface area (Å²) >= 11 is 5.96. The van der Waals surface area contributed by atoms with Gasteiger partial charge in [0.05, 0.1) is 17.1 Å². The third-order valence-electron chi connectivity index (χ3n) is 6.87. The van der Waals surface area contributed by atoms with Crippen LogP contribution in [0, 0.1) is 0 Å². The SMILES string of the molecule is O=C(NCC1(c2ccccc2)CCOCC1)C1CN(S(=O)(=O)c2ccc(Cl)cc2)c2ccccc2O1. The first kappa shape index (κ1) is 24.6. The fraction of sp³-hybridized carbons (Fsp3) is 0.296. The van der Waals surface area contributed by atoms with E-state index in [9.17, 15) is 13.2 Å². The number of halogens is 1. The van der Waals surface area contributed by atoms with E-state index in [2.05, 4.69) is 17.4 Å². The number of hydrogen-bond acceptors (Lipinski definition) is 5. The van der Waals surface area contributed by atoms with Crippen LogP contribution in [0.4, 0.5) is 5.69 Å². The highest BCUT2D eigenvalue weighted by Crippen LogP contribution is 2.38. The number of para-hydroxylation sites is 2. The zero-order valence-corrected chi connectivity index (χ0v) is 21.2. The van der Waals surface area contributed by atoms with Crippen LogP contribution in [-0.4, -0.2) is 46.7 Å². The number of carbonyl (C=O) groups excluding carboxylic acids is 1. The van der Waals surface area contributed by atoms with Crippen molar-refractivity contribution in [2.45, 2.75) is 29.3 Å². The fourth-order valence-corrected chi connectivity index (χ4v) is 6.39. The van der Waals surface area contributed by atoms with Gasteiger partial charge in [0.1, 0.15) is 5.75 Å². The van der Waals surface area contributed by atoms with Gasteiger partial charge in [-0.25, -0.2) is 8.42 Å². The van der Waals surface area contributed by atoms with E-state index in [1.54, 1.807) is 24.3 Å². The number of amides is 1. The summed E-state index contributed by atoms with van der Waals surface area (Å²) in [5.74, 6) is -0.0205. The lowest BCUT2D eigenvalue weighted by Gasteiger charge is -2.39. The molecular weight excluding hydrogens is 500 g/mol. The fourth-order valence-electron chi connectivity index (χ4n) is 4.79. The first-order chi connectivity index (χ1) is 17.4. The van der Waals surface area contributed by atoms with E-state index < -0.39 is 16.1 Å². The minimum Gasteiger partial charge on any atom is -0.476 e. The summed E-state index contributed by atoms with van der Waals surface area (Å²) in [7, 11) is -3.95. The minimum atomic E-state index is -3.95. The van der Waals surface area contributed by atoms with Crippen LogP contribution in [0.1, 0.15) is 18.4 Å². The summed E-state index contributed by atoms with van der Waals surface area (Å²) in [6.07, 6.45) is 0.556. The smallest absolute Gasteiger partial charge is 0.264 e. The Morgan fingerprint density at radius 2 is 1.64 bits per heavy atom. The van der Waals surface area contributed by atoms with Crippen molar-refractivity contribution < 1.29 is 22.7 Å². The average Bonchev–Trinajstić information content (AvgIpc) is 2.92. The molecule has 0 aliphatic carbocycles. The molecule has 188 valence electrons. The second-order valence-corrected chi connectivity index (χ2v) is 11.3. The molecule has 0 saturated carbocycles. The first-order valence-corrected chi connectivity index (χ1v) is 13.7. The summed E-state index contributed by atoms with van der Waals surface area (Å²) < 4.78 is 39.9. The first-order valence-electron chi connectivity index (χ1n) is 11.8. The van der Waals surface area contributed by atoms with Crippen LogP contribution in [0.3, 0.4) is 0 Å². The number of ether oxygens (including phenoxy) is 2. The van der Waals surface area contributed by atoms with E-state index in [1.165, 1.54) is 28.6 Å². The van der Waals surface area contributed by atoms with E-state index in [0.717, 1.165) is 18.4 Å². The number of sulfonamides is 1. The molecule has 36 heavy (non-hydrogen) atoms. The number of anilines is 1. The zero-order valence-electron chi connectivity index (χ0n) is 19.6. The quantitative estimate of drug-likeness (QED) is 0.521. The van der Waals surface area contributed by atoms with E-state index in [4.69, 9.17) is 21.1 Å². The molecular formula is C27H27ClN2O5S. The molecule has 1 saturated heterocycles. The zero-order chi connectivity index (χ0) is 25.2.